The minimum atomic E-state index is -0.960. The first-order valence-electron chi connectivity index (χ1n) is 7.33. The van der Waals surface area contributed by atoms with E-state index in [0.29, 0.717) is 35.7 Å². The third-order valence-electron chi connectivity index (χ3n) is 4.02. The van der Waals surface area contributed by atoms with Gasteiger partial charge < -0.3 is 10.0 Å². The molecule has 0 unspecified atom stereocenters. The number of carbonyl (C=O) groups is 2. The standard InChI is InChI=1S/C16H16ClN3O3/c1-10-13(15(21)19-8-2-3-14(19)16(22)23)9-20(18-10)12-6-4-11(17)5-7-12/h4-7,9,14H,2-3,8H2,1H3,(H,22,23)/t14-/m0/s1. The highest BCUT2D eigenvalue weighted by Crippen LogP contribution is 2.22. The average molecular weight is 334 g/mol. The lowest BCUT2D eigenvalue weighted by Gasteiger charge is -2.20. The first-order chi connectivity index (χ1) is 11.0. The van der Waals surface area contributed by atoms with Crippen LogP contribution in [0.5, 0.6) is 0 Å². The number of aromatic nitrogens is 2. The topological polar surface area (TPSA) is 75.4 Å². The fourth-order valence-corrected chi connectivity index (χ4v) is 2.94. The predicted octanol–water partition coefficient (Wildman–Crippen LogP) is 2.52. The molecule has 0 bridgehead atoms. The highest BCUT2D eigenvalue weighted by Gasteiger charge is 2.35. The van der Waals surface area contributed by atoms with Crippen LogP contribution in [0.1, 0.15) is 28.9 Å². The van der Waals surface area contributed by atoms with Gasteiger partial charge >= 0.3 is 5.97 Å². The van der Waals surface area contributed by atoms with E-state index in [4.69, 9.17) is 11.6 Å². The van der Waals surface area contributed by atoms with Gasteiger partial charge in [0.25, 0.3) is 5.91 Å². The molecule has 0 spiro atoms. The number of rotatable bonds is 3. The number of likely N-dealkylation sites (tertiary alicyclic amines) is 1. The first kappa shape index (κ1) is 15.6. The molecule has 3 rings (SSSR count). The minimum absolute atomic E-state index is 0.285. The third kappa shape index (κ3) is 2.94. The van der Waals surface area contributed by atoms with Gasteiger partial charge in [-0.15, -0.1) is 0 Å². The van der Waals surface area contributed by atoms with Gasteiger partial charge in [0.1, 0.15) is 6.04 Å². The molecule has 0 radical (unpaired) electrons. The molecule has 1 amide bonds. The van der Waals surface area contributed by atoms with Crippen molar-refractivity contribution in [2.45, 2.75) is 25.8 Å². The monoisotopic (exact) mass is 333 g/mol. The van der Waals surface area contributed by atoms with Crippen molar-refractivity contribution in [3.8, 4) is 5.69 Å². The quantitative estimate of drug-likeness (QED) is 0.936. The van der Waals surface area contributed by atoms with Crippen LogP contribution >= 0.6 is 11.6 Å². The molecule has 7 heteroatoms. The second-order valence-corrected chi connectivity index (χ2v) is 5.98. The van der Waals surface area contributed by atoms with Crippen LogP contribution in [0.2, 0.25) is 5.02 Å². The van der Waals surface area contributed by atoms with E-state index in [0.717, 1.165) is 5.69 Å². The Balaban J connectivity index is 1.90. The molecular formula is C16H16ClN3O3. The molecule has 1 atom stereocenters. The van der Waals surface area contributed by atoms with Crippen molar-refractivity contribution in [3.05, 3.63) is 46.7 Å². The van der Waals surface area contributed by atoms with Crippen molar-refractivity contribution in [3.63, 3.8) is 0 Å². The Morgan fingerprint density at radius 2 is 2.00 bits per heavy atom. The second-order valence-electron chi connectivity index (χ2n) is 5.54. The number of nitrogens with zero attached hydrogens (tertiary/aromatic N) is 3. The van der Waals surface area contributed by atoms with E-state index in [9.17, 15) is 14.7 Å². The summed E-state index contributed by atoms with van der Waals surface area (Å²) in [4.78, 5) is 25.3. The molecule has 0 saturated carbocycles. The number of aliphatic carboxylic acids is 1. The number of aryl methyl sites for hydroxylation is 1. The van der Waals surface area contributed by atoms with Crippen molar-refractivity contribution in [2.24, 2.45) is 0 Å². The lowest BCUT2D eigenvalue weighted by Crippen LogP contribution is -2.40. The van der Waals surface area contributed by atoms with E-state index in [2.05, 4.69) is 5.10 Å². The molecule has 0 aliphatic carbocycles. The van der Waals surface area contributed by atoms with E-state index in [1.54, 1.807) is 42.1 Å². The third-order valence-corrected chi connectivity index (χ3v) is 4.27. The Hall–Kier alpha value is -2.34. The Bertz CT molecular complexity index is 754. The van der Waals surface area contributed by atoms with E-state index in [1.165, 1.54) is 4.90 Å². The molecule has 1 aliphatic rings. The average Bonchev–Trinajstić information content (AvgIpc) is 3.14. The molecule has 23 heavy (non-hydrogen) atoms. The molecule has 2 heterocycles. The number of halogens is 1. The summed E-state index contributed by atoms with van der Waals surface area (Å²) in [5.41, 5.74) is 1.78. The van der Waals surface area contributed by atoms with Gasteiger partial charge in [-0.25, -0.2) is 9.48 Å². The Morgan fingerprint density at radius 3 is 2.65 bits per heavy atom. The second kappa shape index (κ2) is 6.04. The Labute approximate surface area is 138 Å². The van der Waals surface area contributed by atoms with Crippen LogP contribution in [0.15, 0.2) is 30.5 Å². The smallest absolute Gasteiger partial charge is 0.326 e. The maximum absolute atomic E-state index is 12.7. The number of hydrogen-bond donors (Lipinski definition) is 1. The molecule has 1 aromatic heterocycles. The van der Waals surface area contributed by atoms with Crippen LogP contribution in [-0.4, -0.2) is 44.3 Å². The molecule has 6 nitrogen and oxygen atoms in total. The fraction of sp³-hybridized carbons (Fsp3) is 0.312. The maximum atomic E-state index is 12.7. The summed E-state index contributed by atoms with van der Waals surface area (Å²) < 4.78 is 1.60. The summed E-state index contributed by atoms with van der Waals surface area (Å²) in [7, 11) is 0. The van der Waals surface area contributed by atoms with E-state index in [-0.39, 0.29) is 5.91 Å². The number of carboxylic acid groups (broad SMARTS) is 1. The van der Waals surface area contributed by atoms with Gasteiger partial charge in [0.05, 0.1) is 16.9 Å². The summed E-state index contributed by atoms with van der Waals surface area (Å²) >= 11 is 5.87. The summed E-state index contributed by atoms with van der Waals surface area (Å²) in [6.45, 7) is 2.20. The SMILES string of the molecule is Cc1nn(-c2ccc(Cl)cc2)cc1C(=O)N1CCC[C@H]1C(=O)O. The minimum Gasteiger partial charge on any atom is -0.480 e. The van der Waals surface area contributed by atoms with Crippen molar-refractivity contribution in [1.29, 1.82) is 0 Å². The number of hydrogen-bond acceptors (Lipinski definition) is 3. The molecular weight excluding hydrogens is 318 g/mol. The summed E-state index contributed by atoms with van der Waals surface area (Å²) in [6.07, 6.45) is 2.83. The summed E-state index contributed by atoms with van der Waals surface area (Å²) in [5, 5.41) is 14.2. The van der Waals surface area contributed by atoms with Crippen LogP contribution in [0.25, 0.3) is 5.69 Å². The highest BCUT2D eigenvalue weighted by atomic mass is 35.5. The van der Waals surface area contributed by atoms with Gasteiger partial charge in [-0.3, -0.25) is 4.79 Å². The van der Waals surface area contributed by atoms with E-state index >= 15 is 0 Å². The largest absolute Gasteiger partial charge is 0.480 e. The normalized spacial score (nSPS) is 17.5. The van der Waals surface area contributed by atoms with Crippen molar-refractivity contribution in [1.82, 2.24) is 14.7 Å². The number of amides is 1. The van der Waals surface area contributed by atoms with Gasteiger partial charge in [0, 0.05) is 17.8 Å². The van der Waals surface area contributed by atoms with E-state index < -0.39 is 12.0 Å². The Morgan fingerprint density at radius 1 is 1.30 bits per heavy atom. The van der Waals surface area contributed by atoms with Gasteiger partial charge in [-0.05, 0) is 44.0 Å². The zero-order valence-corrected chi connectivity index (χ0v) is 13.3. The maximum Gasteiger partial charge on any atom is 0.326 e. The molecule has 1 fully saturated rings. The van der Waals surface area contributed by atoms with Gasteiger partial charge in [-0.1, -0.05) is 11.6 Å². The molecule has 1 N–H and O–H groups in total. The number of benzene rings is 1. The lowest BCUT2D eigenvalue weighted by atomic mass is 10.2. The summed E-state index contributed by atoms with van der Waals surface area (Å²) in [5.74, 6) is -1.24. The van der Waals surface area contributed by atoms with Crippen LogP contribution in [0.3, 0.4) is 0 Å². The van der Waals surface area contributed by atoms with Crippen molar-refractivity contribution < 1.29 is 14.7 Å². The number of carbonyl (C=O) groups excluding carboxylic acids is 1. The molecule has 1 aliphatic heterocycles. The Kier molecular flexibility index (Phi) is 4.09. The van der Waals surface area contributed by atoms with Crippen LogP contribution in [-0.2, 0) is 4.79 Å². The predicted molar refractivity (Wildman–Crippen MR) is 85.0 cm³/mol. The highest BCUT2D eigenvalue weighted by molar-refractivity contribution is 6.30. The number of carboxylic acids is 1. The zero-order valence-electron chi connectivity index (χ0n) is 12.6. The zero-order chi connectivity index (χ0) is 16.6. The summed E-state index contributed by atoms with van der Waals surface area (Å²) in [6, 6.07) is 6.35. The van der Waals surface area contributed by atoms with Crippen LogP contribution in [0.4, 0.5) is 0 Å². The lowest BCUT2D eigenvalue weighted by molar-refractivity contribution is -0.141. The molecule has 1 aromatic carbocycles. The van der Waals surface area contributed by atoms with Gasteiger partial charge in [0.2, 0.25) is 0 Å². The van der Waals surface area contributed by atoms with E-state index in [1.807, 2.05) is 0 Å². The molecule has 2 aromatic rings. The van der Waals surface area contributed by atoms with Crippen LogP contribution in [0, 0.1) is 6.92 Å². The molecule has 120 valence electrons. The molecule has 1 saturated heterocycles. The van der Waals surface area contributed by atoms with Gasteiger partial charge in [-0.2, -0.15) is 5.10 Å². The van der Waals surface area contributed by atoms with Crippen LogP contribution < -0.4 is 0 Å². The van der Waals surface area contributed by atoms with Crippen molar-refractivity contribution in [2.75, 3.05) is 6.54 Å². The van der Waals surface area contributed by atoms with Crippen molar-refractivity contribution >= 4 is 23.5 Å². The fourth-order valence-electron chi connectivity index (χ4n) is 2.82. The van der Waals surface area contributed by atoms with Gasteiger partial charge in [0.15, 0.2) is 0 Å². The first-order valence-corrected chi connectivity index (χ1v) is 7.71.